The Morgan fingerprint density at radius 1 is 0.967 bits per heavy atom. The summed E-state index contributed by atoms with van der Waals surface area (Å²) in [5.74, 6) is -0.402. The normalized spacial score (nSPS) is 15.1. The van der Waals surface area contributed by atoms with Crippen LogP contribution in [0.5, 0.6) is 0 Å². The molecule has 1 N–H and O–H groups in total. The zero-order valence-corrected chi connectivity index (χ0v) is 18.4. The maximum atomic E-state index is 12.9. The first-order valence-electron chi connectivity index (χ1n) is 9.42. The monoisotopic (exact) mass is 449 g/mol. The highest BCUT2D eigenvalue weighted by Gasteiger charge is 2.30. The quantitative estimate of drug-likeness (QED) is 0.677. The lowest BCUT2D eigenvalue weighted by Gasteiger charge is -2.33. The van der Waals surface area contributed by atoms with Gasteiger partial charge in [0.05, 0.1) is 16.3 Å². The molecular weight excluding hydrogens is 426 g/mol. The van der Waals surface area contributed by atoms with Crippen molar-refractivity contribution >= 4 is 39.0 Å². The second-order valence-corrected chi connectivity index (χ2v) is 10.1. The Morgan fingerprint density at radius 3 is 2.17 bits per heavy atom. The number of amides is 2. The van der Waals surface area contributed by atoms with Crippen molar-refractivity contribution in [1.29, 1.82) is 0 Å². The van der Waals surface area contributed by atoms with Gasteiger partial charge in [-0.05, 0) is 31.2 Å². The summed E-state index contributed by atoms with van der Waals surface area (Å²) in [4.78, 5) is 38.3. The van der Waals surface area contributed by atoms with E-state index in [0.29, 0.717) is 30.1 Å². The van der Waals surface area contributed by atoms with Gasteiger partial charge in [0.25, 0.3) is 5.91 Å². The van der Waals surface area contributed by atoms with E-state index in [4.69, 9.17) is 0 Å². The van der Waals surface area contributed by atoms with Crippen molar-refractivity contribution in [3.63, 3.8) is 0 Å². The molecule has 0 saturated carbocycles. The van der Waals surface area contributed by atoms with Gasteiger partial charge in [0.2, 0.25) is 15.9 Å². The minimum absolute atomic E-state index is 0.125. The fraction of sp³-hybridized carbons (Fsp3) is 0.350. The first-order chi connectivity index (χ1) is 14.2. The van der Waals surface area contributed by atoms with Crippen molar-refractivity contribution in [3.05, 3.63) is 51.7 Å². The van der Waals surface area contributed by atoms with Crippen LogP contribution in [0.25, 0.3) is 0 Å². The van der Waals surface area contributed by atoms with Crippen LogP contribution < -0.4 is 5.32 Å². The lowest BCUT2D eigenvalue weighted by Crippen LogP contribution is -2.50. The van der Waals surface area contributed by atoms with Gasteiger partial charge >= 0.3 is 0 Å². The molecule has 1 saturated heterocycles. The minimum atomic E-state index is -3.68. The number of nitrogens with zero attached hydrogens (tertiary/aromatic N) is 2. The number of hydrogen-bond donors (Lipinski definition) is 1. The summed E-state index contributed by atoms with van der Waals surface area (Å²) >= 11 is 1.32. The molecule has 8 nitrogen and oxygen atoms in total. The third kappa shape index (κ3) is 4.94. The highest BCUT2D eigenvalue weighted by atomic mass is 32.2. The lowest BCUT2D eigenvalue weighted by atomic mass is 10.2. The van der Waals surface area contributed by atoms with Crippen LogP contribution in [0.1, 0.15) is 38.8 Å². The van der Waals surface area contributed by atoms with Crippen molar-refractivity contribution in [2.45, 2.75) is 25.3 Å². The number of sulfonamides is 1. The third-order valence-corrected chi connectivity index (χ3v) is 7.79. The molecule has 1 aromatic carbocycles. The Balaban J connectivity index is 1.61. The molecule has 0 bridgehead atoms. The van der Waals surface area contributed by atoms with Gasteiger partial charge < -0.3 is 10.2 Å². The molecule has 1 aliphatic heterocycles. The van der Waals surface area contributed by atoms with Gasteiger partial charge in [0, 0.05) is 43.5 Å². The fourth-order valence-electron chi connectivity index (χ4n) is 3.10. The van der Waals surface area contributed by atoms with Crippen LogP contribution in [-0.2, 0) is 21.4 Å². The smallest absolute Gasteiger partial charge is 0.264 e. The van der Waals surface area contributed by atoms with E-state index in [1.54, 1.807) is 17.0 Å². The van der Waals surface area contributed by atoms with Crippen molar-refractivity contribution < 1.29 is 22.8 Å². The van der Waals surface area contributed by atoms with Crippen LogP contribution in [0, 0.1) is 0 Å². The predicted octanol–water partition coefficient (Wildman–Crippen LogP) is 1.73. The molecule has 0 radical (unpaired) electrons. The fourth-order valence-corrected chi connectivity index (χ4v) is 5.44. The summed E-state index contributed by atoms with van der Waals surface area (Å²) < 4.78 is 27.1. The van der Waals surface area contributed by atoms with E-state index in [2.05, 4.69) is 5.32 Å². The van der Waals surface area contributed by atoms with Crippen LogP contribution in [-0.4, -0.2) is 61.4 Å². The molecule has 10 heteroatoms. The zero-order valence-electron chi connectivity index (χ0n) is 16.8. The largest absolute Gasteiger partial charge is 0.351 e. The molecule has 0 atom stereocenters. The summed E-state index contributed by atoms with van der Waals surface area (Å²) in [6, 6.07) is 9.41. The van der Waals surface area contributed by atoms with E-state index in [9.17, 15) is 22.8 Å². The van der Waals surface area contributed by atoms with E-state index < -0.39 is 10.0 Å². The van der Waals surface area contributed by atoms with Crippen molar-refractivity contribution in [1.82, 2.24) is 14.5 Å². The number of carbonyl (C=O) groups is 3. The van der Waals surface area contributed by atoms with Crippen molar-refractivity contribution in [3.8, 4) is 0 Å². The summed E-state index contributed by atoms with van der Waals surface area (Å²) in [6.45, 7) is 4.23. The molecule has 1 fully saturated rings. The van der Waals surface area contributed by atoms with Gasteiger partial charge in [-0.25, -0.2) is 8.42 Å². The number of benzene rings is 1. The van der Waals surface area contributed by atoms with Crippen LogP contribution >= 0.6 is 11.3 Å². The molecule has 0 aliphatic carbocycles. The number of nitrogens with one attached hydrogen (secondary N) is 1. The molecule has 2 heterocycles. The van der Waals surface area contributed by atoms with Crippen LogP contribution in [0.2, 0.25) is 0 Å². The summed E-state index contributed by atoms with van der Waals surface area (Å²) in [5, 5.41) is 2.70. The molecule has 160 valence electrons. The average molecular weight is 450 g/mol. The number of carbonyl (C=O) groups excluding carboxylic acids is 3. The molecule has 3 rings (SSSR count). The average Bonchev–Trinajstić information content (AvgIpc) is 3.21. The number of piperazine rings is 1. The Labute approximate surface area is 179 Å². The number of thiophene rings is 1. The first-order valence-corrected chi connectivity index (χ1v) is 11.7. The maximum Gasteiger partial charge on any atom is 0.264 e. The number of ketones is 1. The molecule has 0 unspecified atom stereocenters. The molecule has 0 spiro atoms. The highest BCUT2D eigenvalue weighted by Crippen LogP contribution is 2.22. The third-order valence-electron chi connectivity index (χ3n) is 4.81. The number of Topliss-reactive ketones (excluding diaryl/α,β-unsaturated/α-hetero) is 1. The van der Waals surface area contributed by atoms with E-state index in [1.165, 1.54) is 53.8 Å². The highest BCUT2D eigenvalue weighted by molar-refractivity contribution is 7.89. The number of hydrogen-bond acceptors (Lipinski definition) is 6. The Bertz CT molecular complexity index is 1050. The van der Waals surface area contributed by atoms with Gasteiger partial charge in [0.15, 0.2) is 5.78 Å². The molecule has 2 aromatic rings. The molecular formula is C20H23N3O5S2. The SMILES string of the molecule is CC(=O)NCc1ccc(C(=O)N2CCN(S(=O)(=O)c3ccc(C(C)=O)cc3)CC2)s1. The van der Waals surface area contributed by atoms with Crippen molar-refractivity contribution in [2.24, 2.45) is 0 Å². The number of rotatable bonds is 6. The van der Waals surface area contributed by atoms with Gasteiger partial charge in [0.1, 0.15) is 0 Å². The molecule has 1 aromatic heterocycles. The summed E-state index contributed by atoms with van der Waals surface area (Å²) in [6.07, 6.45) is 0. The van der Waals surface area contributed by atoms with E-state index >= 15 is 0 Å². The second kappa shape index (κ2) is 9.07. The molecule has 30 heavy (non-hydrogen) atoms. The lowest BCUT2D eigenvalue weighted by molar-refractivity contribution is -0.119. The zero-order chi connectivity index (χ0) is 21.9. The molecule has 2 amide bonds. The second-order valence-electron chi connectivity index (χ2n) is 6.95. The van der Waals surface area contributed by atoms with Crippen molar-refractivity contribution in [2.75, 3.05) is 26.2 Å². The standard InChI is InChI=1S/C20H23N3O5S2/c1-14(24)16-3-6-18(7-4-16)30(27,28)23-11-9-22(10-12-23)20(26)19-8-5-17(29-19)13-21-15(2)25/h3-8H,9-13H2,1-2H3,(H,21,25). The first kappa shape index (κ1) is 22.1. The van der Waals surface area contributed by atoms with E-state index in [-0.39, 0.29) is 35.6 Å². The topological polar surface area (TPSA) is 104 Å². The van der Waals surface area contributed by atoms with Crippen LogP contribution in [0.15, 0.2) is 41.3 Å². The predicted molar refractivity (Wildman–Crippen MR) is 113 cm³/mol. The van der Waals surface area contributed by atoms with Gasteiger partial charge in [-0.1, -0.05) is 12.1 Å². The van der Waals surface area contributed by atoms with Gasteiger partial charge in [-0.15, -0.1) is 11.3 Å². The summed E-state index contributed by atoms with van der Waals surface area (Å²) in [5.41, 5.74) is 0.457. The van der Waals surface area contributed by atoms with Crippen LogP contribution in [0.4, 0.5) is 0 Å². The van der Waals surface area contributed by atoms with Gasteiger partial charge in [-0.2, -0.15) is 4.31 Å². The van der Waals surface area contributed by atoms with Crippen LogP contribution in [0.3, 0.4) is 0 Å². The summed E-state index contributed by atoms with van der Waals surface area (Å²) in [7, 11) is -3.68. The molecule has 1 aliphatic rings. The Kier molecular flexibility index (Phi) is 6.69. The maximum absolute atomic E-state index is 12.9. The Hall–Kier alpha value is -2.56. The minimum Gasteiger partial charge on any atom is -0.351 e. The van der Waals surface area contributed by atoms with E-state index in [0.717, 1.165) is 4.88 Å². The Morgan fingerprint density at radius 2 is 1.60 bits per heavy atom. The van der Waals surface area contributed by atoms with Gasteiger partial charge in [-0.3, -0.25) is 14.4 Å². The van der Waals surface area contributed by atoms with E-state index in [1.807, 2.05) is 0 Å².